The van der Waals surface area contributed by atoms with Crippen LogP contribution in [0.25, 0.3) is 0 Å². The van der Waals surface area contributed by atoms with E-state index in [-0.39, 0.29) is 12.8 Å². The Labute approximate surface area is 280 Å². The molecule has 0 aliphatic heterocycles. The molecule has 46 heavy (non-hydrogen) atoms. The van der Waals surface area contributed by atoms with Crippen LogP contribution in [0.1, 0.15) is 174 Å². The van der Waals surface area contributed by atoms with Crippen LogP contribution in [0.4, 0.5) is 0 Å². The highest BCUT2D eigenvalue weighted by molar-refractivity contribution is 7.47. The van der Waals surface area contributed by atoms with E-state index in [1.165, 1.54) is 96.3 Å². The van der Waals surface area contributed by atoms with Crippen LogP contribution in [0, 0.1) is 0 Å². The molecule has 274 valence electrons. The summed E-state index contributed by atoms with van der Waals surface area (Å²) in [5, 5.41) is 19.0. The van der Waals surface area contributed by atoms with Gasteiger partial charge in [0.05, 0.1) is 26.4 Å². The number of ether oxygens (including phenoxy) is 2. The predicted octanol–water partition coefficient (Wildman–Crippen LogP) is 8.72. The Balaban J connectivity index is 3.98. The number of phosphoric ester groups is 1. The fourth-order valence-corrected chi connectivity index (χ4v) is 5.96. The first-order valence-electron chi connectivity index (χ1n) is 18.5. The van der Waals surface area contributed by atoms with Crippen molar-refractivity contribution in [3.05, 3.63) is 0 Å². The highest BCUT2D eigenvalue weighted by atomic mass is 31.2. The van der Waals surface area contributed by atoms with E-state index in [2.05, 4.69) is 13.8 Å². The molecule has 0 aliphatic rings. The maximum atomic E-state index is 12.3. The van der Waals surface area contributed by atoms with Gasteiger partial charge in [0.1, 0.15) is 12.2 Å². The lowest BCUT2D eigenvalue weighted by Gasteiger charge is -2.20. The Morgan fingerprint density at radius 2 is 0.761 bits per heavy atom. The smallest absolute Gasteiger partial charge is 0.457 e. The second-order valence-electron chi connectivity index (χ2n) is 12.6. The van der Waals surface area contributed by atoms with Gasteiger partial charge in [-0.15, -0.1) is 0 Å². The number of phosphoric acid groups is 1. The van der Waals surface area contributed by atoms with Crippen LogP contribution in [0.5, 0.6) is 0 Å². The zero-order valence-electron chi connectivity index (χ0n) is 29.3. The Bertz CT molecular complexity index is 751. The van der Waals surface area contributed by atoms with E-state index in [1.54, 1.807) is 0 Å². The zero-order valence-corrected chi connectivity index (χ0v) is 30.2. The lowest BCUT2D eigenvalue weighted by atomic mass is 10.0. The van der Waals surface area contributed by atoms with Gasteiger partial charge in [-0.3, -0.25) is 18.6 Å². The second kappa shape index (κ2) is 32.5. The van der Waals surface area contributed by atoms with Gasteiger partial charge in [-0.25, -0.2) is 4.57 Å². The van der Waals surface area contributed by atoms with Crippen molar-refractivity contribution in [3.63, 3.8) is 0 Å². The maximum absolute atomic E-state index is 12.3. The standard InChI is InChI=1S/C35H69O10P/c1-3-5-7-9-11-13-15-16-17-19-21-23-25-27-35(39)45-33(29-37)31-43-46(40,41)42-30-32(28-36)44-34(38)26-24-22-20-18-14-12-10-8-6-4-2/h32-33,36-37H,3-31H2,1-2H3,(H,40,41). The maximum Gasteiger partial charge on any atom is 0.472 e. The average Bonchev–Trinajstić information content (AvgIpc) is 3.04. The van der Waals surface area contributed by atoms with Crippen molar-refractivity contribution in [3.8, 4) is 0 Å². The van der Waals surface area contributed by atoms with Gasteiger partial charge in [0.2, 0.25) is 0 Å². The second-order valence-corrected chi connectivity index (χ2v) is 14.0. The van der Waals surface area contributed by atoms with Crippen molar-refractivity contribution in [2.24, 2.45) is 0 Å². The van der Waals surface area contributed by atoms with E-state index in [0.717, 1.165) is 38.5 Å². The lowest BCUT2D eigenvalue weighted by molar-refractivity contribution is -0.153. The van der Waals surface area contributed by atoms with Gasteiger partial charge >= 0.3 is 19.8 Å². The molecular formula is C35H69O10P. The molecule has 0 fully saturated rings. The summed E-state index contributed by atoms with van der Waals surface area (Å²) in [5.41, 5.74) is 0. The van der Waals surface area contributed by atoms with Crippen LogP contribution in [-0.4, -0.2) is 65.7 Å². The van der Waals surface area contributed by atoms with Crippen molar-refractivity contribution < 1.29 is 47.8 Å². The first-order chi connectivity index (χ1) is 22.3. The number of aliphatic hydroxyl groups excluding tert-OH is 2. The topological polar surface area (TPSA) is 149 Å². The van der Waals surface area contributed by atoms with E-state index < -0.39 is 58.4 Å². The molecule has 0 heterocycles. The summed E-state index contributed by atoms with van der Waals surface area (Å²) in [6.45, 7) is 2.19. The third-order valence-corrected chi connectivity index (χ3v) is 9.02. The minimum absolute atomic E-state index is 0.198. The molecule has 0 bridgehead atoms. The van der Waals surface area contributed by atoms with Gasteiger partial charge in [-0.2, -0.15) is 0 Å². The number of hydrogen-bond donors (Lipinski definition) is 3. The Morgan fingerprint density at radius 1 is 0.500 bits per heavy atom. The zero-order chi connectivity index (χ0) is 34.1. The molecule has 3 unspecified atom stereocenters. The van der Waals surface area contributed by atoms with Crippen LogP contribution >= 0.6 is 7.82 Å². The van der Waals surface area contributed by atoms with Crippen LogP contribution in [0.2, 0.25) is 0 Å². The highest BCUT2D eigenvalue weighted by Gasteiger charge is 2.27. The summed E-state index contributed by atoms with van der Waals surface area (Å²) in [6, 6.07) is 0. The fourth-order valence-electron chi connectivity index (χ4n) is 5.17. The largest absolute Gasteiger partial charge is 0.472 e. The van der Waals surface area contributed by atoms with Gasteiger partial charge in [0.25, 0.3) is 0 Å². The van der Waals surface area contributed by atoms with Crippen LogP contribution < -0.4 is 0 Å². The number of esters is 2. The van der Waals surface area contributed by atoms with Crippen molar-refractivity contribution in [2.45, 2.75) is 187 Å². The number of rotatable bonds is 35. The summed E-state index contributed by atoms with van der Waals surface area (Å²) in [5.74, 6) is -1.01. The van der Waals surface area contributed by atoms with Crippen LogP contribution in [0.15, 0.2) is 0 Å². The SMILES string of the molecule is CCCCCCCCCCCCCCCC(=O)OC(CO)COP(=O)(O)OCC(CO)OC(=O)CCCCCCCCCCCC. The molecule has 0 aromatic rings. The fraction of sp³-hybridized carbons (Fsp3) is 0.943. The van der Waals surface area contributed by atoms with Crippen molar-refractivity contribution >= 4 is 19.8 Å². The van der Waals surface area contributed by atoms with Crippen molar-refractivity contribution in [1.29, 1.82) is 0 Å². The Hall–Kier alpha value is -1.03. The molecule has 0 aliphatic carbocycles. The highest BCUT2D eigenvalue weighted by Crippen LogP contribution is 2.43. The summed E-state index contributed by atoms with van der Waals surface area (Å²) in [7, 11) is -4.62. The molecule has 11 heteroatoms. The number of carbonyl (C=O) groups excluding carboxylic acids is 2. The minimum atomic E-state index is -4.62. The molecule has 3 atom stereocenters. The molecule has 3 N–H and O–H groups in total. The first-order valence-corrected chi connectivity index (χ1v) is 20.0. The van der Waals surface area contributed by atoms with Gasteiger partial charge in [0, 0.05) is 12.8 Å². The molecule has 0 aromatic heterocycles. The lowest BCUT2D eigenvalue weighted by Crippen LogP contribution is -2.28. The van der Waals surface area contributed by atoms with Crippen molar-refractivity contribution in [2.75, 3.05) is 26.4 Å². The molecule has 0 aromatic carbocycles. The van der Waals surface area contributed by atoms with Gasteiger partial charge in [-0.05, 0) is 12.8 Å². The quantitative estimate of drug-likeness (QED) is 0.0337. The molecule has 0 spiro atoms. The normalized spacial score (nSPS) is 14.1. The van der Waals surface area contributed by atoms with Crippen LogP contribution in [-0.2, 0) is 32.7 Å². The van der Waals surface area contributed by atoms with E-state index in [9.17, 15) is 29.3 Å². The summed E-state index contributed by atoms with van der Waals surface area (Å²) in [6.07, 6.45) is 25.1. The van der Waals surface area contributed by atoms with E-state index >= 15 is 0 Å². The van der Waals surface area contributed by atoms with Crippen molar-refractivity contribution in [1.82, 2.24) is 0 Å². The van der Waals surface area contributed by atoms with Gasteiger partial charge < -0.3 is 24.6 Å². The molecular weight excluding hydrogens is 611 g/mol. The number of aliphatic hydroxyl groups is 2. The monoisotopic (exact) mass is 680 g/mol. The average molecular weight is 681 g/mol. The Kier molecular flexibility index (Phi) is 31.8. The number of unbranched alkanes of at least 4 members (excludes halogenated alkanes) is 21. The molecule has 0 saturated carbocycles. The van der Waals surface area contributed by atoms with E-state index in [0.29, 0.717) is 12.8 Å². The molecule has 10 nitrogen and oxygen atoms in total. The number of hydrogen-bond acceptors (Lipinski definition) is 9. The molecule has 0 amide bonds. The molecule has 0 rings (SSSR count). The Morgan fingerprint density at radius 3 is 1.02 bits per heavy atom. The summed E-state index contributed by atoms with van der Waals surface area (Å²) >= 11 is 0. The number of carbonyl (C=O) groups is 2. The van der Waals surface area contributed by atoms with Gasteiger partial charge in [0.15, 0.2) is 0 Å². The third-order valence-electron chi connectivity index (χ3n) is 8.07. The first kappa shape index (κ1) is 45.0. The minimum Gasteiger partial charge on any atom is -0.457 e. The summed E-state index contributed by atoms with van der Waals surface area (Å²) in [4.78, 5) is 34.2. The van der Waals surface area contributed by atoms with Gasteiger partial charge in [-0.1, -0.05) is 149 Å². The van der Waals surface area contributed by atoms with Crippen LogP contribution in [0.3, 0.4) is 0 Å². The molecule has 0 radical (unpaired) electrons. The molecule has 0 saturated heterocycles. The van der Waals surface area contributed by atoms with E-state index in [1.807, 2.05) is 0 Å². The summed E-state index contributed by atoms with van der Waals surface area (Å²) < 4.78 is 32.4. The third kappa shape index (κ3) is 30.3. The van der Waals surface area contributed by atoms with E-state index in [4.69, 9.17) is 18.5 Å². The predicted molar refractivity (Wildman–Crippen MR) is 182 cm³/mol.